The van der Waals surface area contributed by atoms with Gasteiger partial charge in [0.1, 0.15) is 0 Å². The molecule has 0 atom stereocenters. The molecular formula is C10H12ClN3. The molecule has 1 aromatic carbocycles. The molecule has 0 amide bonds. The van der Waals surface area contributed by atoms with Crippen LogP contribution in [0.5, 0.6) is 0 Å². The SMILES string of the molecule is NC(N)=NCC=Cc1cccc(Cl)c1. The minimum atomic E-state index is 0.0979. The summed E-state index contributed by atoms with van der Waals surface area (Å²) in [7, 11) is 0. The van der Waals surface area contributed by atoms with E-state index in [-0.39, 0.29) is 5.96 Å². The fourth-order valence-corrected chi connectivity index (χ4v) is 1.16. The average molecular weight is 210 g/mol. The van der Waals surface area contributed by atoms with E-state index in [1.807, 2.05) is 36.4 Å². The van der Waals surface area contributed by atoms with Crippen LogP contribution in [0.1, 0.15) is 5.56 Å². The van der Waals surface area contributed by atoms with E-state index < -0.39 is 0 Å². The fourth-order valence-electron chi connectivity index (χ4n) is 0.957. The lowest BCUT2D eigenvalue weighted by Gasteiger charge is -1.93. The number of hydrogen-bond donors (Lipinski definition) is 2. The Hall–Kier alpha value is -1.48. The van der Waals surface area contributed by atoms with Gasteiger partial charge in [0.15, 0.2) is 5.96 Å². The Bertz CT molecular complexity index is 354. The first-order valence-electron chi connectivity index (χ1n) is 4.16. The minimum absolute atomic E-state index is 0.0979. The standard InChI is InChI=1S/C10H12ClN3/c11-9-5-1-3-8(7-9)4-2-6-14-10(12)13/h1-5,7H,6H2,(H4,12,13,14). The van der Waals surface area contributed by atoms with Crippen LogP contribution >= 0.6 is 11.6 Å². The third-order valence-corrected chi connectivity index (χ3v) is 1.77. The van der Waals surface area contributed by atoms with E-state index in [0.29, 0.717) is 11.6 Å². The van der Waals surface area contributed by atoms with Crippen LogP contribution in [0.2, 0.25) is 5.02 Å². The van der Waals surface area contributed by atoms with Crippen molar-refractivity contribution in [2.45, 2.75) is 0 Å². The van der Waals surface area contributed by atoms with Gasteiger partial charge in [0, 0.05) is 5.02 Å². The Kier molecular flexibility index (Phi) is 4.01. The maximum atomic E-state index is 5.81. The summed E-state index contributed by atoms with van der Waals surface area (Å²) < 4.78 is 0. The van der Waals surface area contributed by atoms with Gasteiger partial charge in [-0.25, -0.2) is 4.99 Å². The number of hydrogen-bond acceptors (Lipinski definition) is 1. The molecule has 0 spiro atoms. The zero-order chi connectivity index (χ0) is 10.4. The minimum Gasteiger partial charge on any atom is -0.370 e. The van der Waals surface area contributed by atoms with E-state index in [1.54, 1.807) is 0 Å². The number of aliphatic imine (C=N–C) groups is 1. The van der Waals surface area contributed by atoms with Crippen molar-refractivity contribution in [3.8, 4) is 0 Å². The predicted molar refractivity (Wildman–Crippen MR) is 61.2 cm³/mol. The predicted octanol–water partition coefficient (Wildman–Crippen LogP) is 1.63. The molecule has 1 aromatic rings. The molecule has 0 aliphatic carbocycles. The van der Waals surface area contributed by atoms with Gasteiger partial charge in [-0.1, -0.05) is 35.9 Å². The molecule has 0 unspecified atom stereocenters. The summed E-state index contributed by atoms with van der Waals surface area (Å²) in [6, 6.07) is 7.54. The Morgan fingerprint density at radius 2 is 2.21 bits per heavy atom. The highest BCUT2D eigenvalue weighted by molar-refractivity contribution is 6.30. The van der Waals surface area contributed by atoms with Gasteiger partial charge in [-0.2, -0.15) is 0 Å². The summed E-state index contributed by atoms with van der Waals surface area (Å²) in [6.07, 6.45) is 3.78. The molecule has 74 valence electrons. The van der Waals surface area contributed by atoms with E-state index in [1.165, 1.54) is 0 Å². The Labute approximate surface area is 88.1 Å². The van der Waals surface area contributed by atoms with Crippen molar-refractivity contribution in [2.75, 3.05) is 6.54 Å². The number of benzene rings is 1. The largest absolute Gasteiger partial charge is 0.370 e. The van der Waals surface area contributed by atoms with Crippen LogP contribution < -0.4 is 11.5 Å². The molecule has 0 fully saturated rings. The molecule has 0 radical (unpaired) electrons. The zero-order valence-corrected chi connectivity index (χ0v) is 8.41. The lowest BCUT2D eigenvalue weighted by molar-refractivity contribution is 1.22. The summed E-state index contributed by atoms with van der Waals surface area (Å²) in [5.41, 5.74) is 11.4. The van der Waals surface area contributed by atoms with Crippen LogP contribution in [0.4, 0.5) is 0 Å². The summed E-state index contributed by atoms with van der Waals surface area (Å²) >= 11 is 5.81. The van der Waals surface area contributed by atoms with Crippen molar-refractivity contribution < 1.29 is 0 Å². The van der Waals surface area contributed by atoms with Crippen molar-refractivity contribution in [2.24, 2.45) is 16.5 Å². The van der Waals surface area contributed by atoms with Gasteiger partial charge in [0.05, 0.1) is 6.54 Å². The second-order valence-corrected chi connectivity index (χ2v) is 3.16. The van der Waals surface area contributed by atoms with E-state index in [2.05, 4.69) is 4.99 Å². The van der Waals surface area contributed by atoms with E-state index >= 15 is 0 Å². The molecule has 4 heteroatoms. The molecule has 14 heavy (non-hydrogen) atoms. The van der Waals surface area contributed by atoms with Crippen LogP contribution in [0, 0.1) is 0 Å². The smallest absolute Gasteiger partial charge is 0.186 e. The van der Waals surface area contributed by atoms with E-state index in [9.17, 15) is 0 Å². The molecule has 1 rings (SSSR count). The lowest BCUT2D eigenvalue weighted by Crippen LogP contribution is -2.22. The topological polar surface area (TPSA) is 64.4 Å². The average Bonchev–Trinajstić information content (AvgIpc) is 2.12. The van der Waals surface area contributed by atoms with Gasteiger partial charge in [0.2, 0.25) is 0 Å². The monoisotopic (exact) mass is 209 g/mol. The summed E-state index contributed by atoms with van der Waals surface area (Å²) in [4.78, 5) is 3.81. The van der Waals surface area contributed by atoms with Crippen molar-refractivity contribution in [1.29, 1.82) is 0 Å². The maximum absolute atomic E-state index is 5.81. The third kappa shape index (κ3) is 3.96. The van der Waals surface area contributed by atoms with Gasteiger partial charge >= 0.3 is 0 Å². The van der Waals surface area contributed by atoms with Crippen LogP contribution in [0.3, 0.4) is 0 Å². The van der Waals surface area contributed by atoms with Crippen LogP contribution in [0.25, 0.3) is 6.08 Å². The highest BCUT2D eigenvalue weighted by Gasteiger charge is 1.87. The van der Waals surface area contributed by atoms with Crippen LogP contribution in [0.15, 0.2) is 35.3 Å². The van der Waals surface area contributed by atoms with Crippen molar-refractivity contribution in [3.05, 3.63) is 40.9 Å². The number of nitrogens with zero attached hydrogens (tertiary/aromatic N) is 1. The van der Waals surface area contributed by atoms with E-state index in [4.69, 9.17) is 23.1 Å². The quantitative estimate of drug-likeness (QED) is 0.587. The molecule has 0 aromatic heterocycles. The highest BCUT2D eigenvalue weighted by Crippen LogP contribution is 2.11. The van der Waals surface area contributed by atoms with E-state index in [0.717, 1.165) is 5.56 Å². The number of nitrogens with two attached hydrogens (primary N) is 2. The number of halogens is 1. The first kappa shape index (κ1) is 10.6. The second kappa shape index (κ2) is 5.29. The Morgan fingerprint density at radius 3 is 2.86 bits per heavy atom. The van der Waals surface area contributed by atoms with Crippen molar-refractivity contribution in [1.82, 2.24) is 0 Å². The molecule has 4 N–H and O–H groups in total. The summed E-state index contributed by atoms with van der Waals surface area (Å²) in [6.45, 7) is 0.481. The fraction of sp³-hybridized carbons (Fsp3) is 0.100. The number of rotatable bonds is 3. The van der Waals surface area contributed by atoms with Gasteiger partial charge in [0.25, 0.3) is 0 Å². The zero-order valence-electron chi connectivity index (χ0n) is 7.65. The third-order valence-electron chi connectivity index (χ3n) is 1.54. The first-order chi connectivity index (χ1) is 6.68. The molecule has 0 saturated carbocycles. The van der Waals surface area contributed by atoms with Crippen molar-refractivity contribution in [3.63, 3.8) is 0 Å². The van der Waals surface area contributed by atoms with Gasteiger partial charge < -0.3 is 11.5 Å². The van der Waals surface area contributed by atoms with Crippen LogP contribution in [-0.4, -0.2) is 12.5 Å². The molecule has 3 nitrogen and oxygen atoms in total. The highest BCUT2D eigenvalue weighted by atomic mass is 35.5. The molecule has 0 heterocycles. The summed E-state index contributed by atoms with van der Waals surface area (Å²) in [5, 5.41) is 0.717. The lowest BCUT2D eigenvalue weighted by atomic mass is 10.2. The second-order valence-electron chi connectivity index (χ2n) is 2.72. The van der Waals surface area contributed by atoms with Gasteiger partial charge in [-0.05, 0) is 17.7 Å². The maximum Gasteiger partial charge on any atom is 0.186 e. The molecule has 0 bridgehead atoms. The Morgan fingerprint density at radius 1 is 1.43 bits per heavy atom. The normalized spacial score (nSPS) is 10.4. The molecule has 0 aliphatic rings. The molecule has 0 aliphatic heterocycles. The first-order valence-corrected chi connectivity index (χ1v) is 4.54. The van der Waals surface area contributed by atoms with Crippen LogP contribution in [-0.2, 0) is 0 Å². The van der Waals surface area contributed by atoms with Crippen molar-refractivity contribution >= 4 is 23.6 Å². The Balaban J connectivity index is 2.56. The van der Waals surface area contributed by atoms with Gasteiger partial charge in [-0.3, -0.25) is 0 Å². The molecular weight excluding hydrogens is 198 g/mol. The van der Waals surface area contributed by atoms with Gasteiger partial charge in [-0.15, -0.1) is 0 Å². The summed E-state index contributed by atoms with van der Waals surface area (Å²) in [5.74, 6) is 0.0979. The number of guanidine groups is 1. The molecule has 0 saturated heterocycles.